The Balaban J connectivity index is 2.03. The van der Waals surface area contributed by atoms with Crippen LogP contribution in [0.2, 0.25) is 0 Å². The van der Waals surface area contributed by atoms with E-state index in [9.17, 15) is 9.90 Å². The van der Waals surface area contributed by atoms with Gasteiger partial charge in [0.25, 0.3) is 0 Å². The number of nitrogens with zero attached hydrogens (tertiary/aromatic N) is 1. The molecule has 0 aliphatic heterocycles. The second-order valence-electron chi connectivity index (χ2n) is 5.36. The number of benzene rings is 2. The van der Waals surface area contributed by atoms with Crippen LogP contribution in [0.1, 0.15) is 20.9 Å². The first kappa shape index (κ1) is 17.0. The molecule has 0 radical (unpaired) electrons. The first-order chi connectivity index (χ1) is 12.1. The molecule has 25 heavy (non-hydrogen) atoms. The second-order valence-corrected chi connectivity index (χ2v) is 6.36. The molecule has 2 aromatic carbocycles. The van der Waals surface area contributed by atoms with E-state index in [4.69, 9.17) is 9.47 Å². The van der Waals surface area contributed by atoms with E-state index in [1.807, 2.05) is 42.5 Å². The molecule has 6 heteroatoms. The highest BCUT2D eigenvalue weighted by Gasteiger charge is 2.19. The van der Waals surface area contributed by atoms with Crippen molar-refractivity contribution in [1.82, 2.24) is 4.98 Å². The Morgan fingerprint density at radius 2 is 1.72 bits per heavy atom. The molecule has 0 atom stereocenters. The zero-order valence-corrected chi connectivity index (χ0v) is 14.7. The molecule has 1 heterocycles. The fourth-order valence-electron chi connectivity index (χ4n) is 2.48. The maximum atomic E-state index is 11.6. The molecule has 0 saturated carbocycles. The van der Waals surface area contributed by atoms with Crippen molar-refractivity contribution in [1.29, 1.82) is 0 Å². The zero-order valence-electron chi connectivity index (χ0n) is 13.9. The van der Waals surface area contributed by atoms with Gasteiger partial charge >= 0.3 is 5.97 Å². The Hall–Kier alpha value is -2.86. The highest BCUT2D eigenvalue weighted by Crippen LogP contribution is 2.34. The minimum atomic E-state index is -0.968. The number of carbonyl (C=O) groups is 1. The fraction of sp³-hybridized carbons (Fsp3) is 0.158. The molecular formula is C19H17NO4S. The molecular weight excluding hydrogens is 338 g/mol. The smallest absolute Gasteiger partial charge is 0.347 e. The summed E-state index contributed by atoms with van der Waals surface area (Å²) in [5, 5.41) is 10.2. The van der Waals surface area contributed by atoms with Crippen molar-refractivity contribution in [3.8, 4) is 22.1 Å². The average Bonchev–Trinajstić information content (AvgIpc) is 3.06. The third kappa shape index (κ3) is 3.80. The van der Waals surface area contributed by atoms with E-state index in [0.717, 1.165) is 22.5 Å². The second kappa shape index (κ2) is 7.36. The maximum absolute atomic E-state index is 11.6. The van der Waals surface area contributed by atoms with Gasteiger partial charge in [0.15, 0.2) is 0 Å². The Bertz CT molecular complexity index is 867. The van der Waals surface area contributed by atoms with Crippen LogP contribution in [0, 0.1) is 0 Å². The highest BCUT2D eigenvalue weighted by atomic mass is 32.1. The van der Waals surface area contributed by atoms with Crippen molar-refractivity contribution in [3.63, 3.8) is 0 Å². The van der Waals surface area contributed by atoms with Crippen molar-refractivity contribution in [2.24, 2.45) is 0 Å². The molecule has 0 saturated heterocycles. The first-order valence-corrected chi connectivity index (χ1v) is 8.42. The van der Waals surface area contributed by atoms with Crippen LogP contribution < -0.4 is 9.47 Å². The normalized spacial score (nSPS) is 10.5. The Morgan fingerprint density at radius 3 is 2.28 bits per heavy atom. The minimum Gasteiger partial charge on any atom is -0.497 e. The number of aromatic carboxylic acids is 1. The maximum Gasteiger partial charge on any atom is 0.347 e. The molecule has 0 unspecified atom stereocenters. The minimum absolute atomic E-state index is 0.251. The van der Waals surface area contributed by atoms with Gasteiger partial charge < -0.3 is 14.6 Å². The van der Waals surface area contributed by atoms with Crippen LogP contribution in [0.15, 0.2) is 48.5 Å². The van der Waals surface area contributed by atoms with E-state index >= 15 is 0 Å². The third-order valence-corrected chi connectivity index (χ3v) is 4.84. The molecule has 0 aliphatic rings. The number of carboxylic acids is 1. The average molecular weight is 355 g/mol. The van der Waals surface area contributed by atoms with Crippen LogP contribution in [-0.2, 0) is 6.42 Å². The van der Waals surface area contributed by atoms with Gasteiger partial charge in [0.2, 0.25) is 0 Å². The van der Waals surface area contributed by atoms with Gasteiger partial charge in [-0.2, -0.15) is 0 Å². The zero-order chi connectivity index (χ0) is 17.8. The van der Waals surface area contributed by atoms with Crippen LogP contribution in [0.25, 0.3) is 10.6 Å². The van der Waals surface area contributed by atoms with Crippen LogP contribution in [0.4, 0.5) is 0 Å². The molecule has 3 rings (SSSR count). The Labute approximate surface area is 149 Å². The van der Waals surface area contributed by atoms with E-state index in [-0.39, 0.29) is 4.88 Å². The van der Waals surface area contributed by atoms with E-state index in [1.165, 1.54) is 0 Å². The molecule has 128 valence electrons. The summed E-state index contributed by atoms with van der Waals surface area (Å²) in [6, 6.07) is 15.1. The highest BCUT2D eigenvalue weighted by molar-refractivity contribution is 7.17. The van der Waals surface area contributed by atoms with Crippen LogP contribution in [0.5, 0.6) is 11.5 Å². The largest absolute Gasteiger partial charge is 0.497 e. The molecule has 0 bridgehead atoms. The summed E-state index contributed by atoms with van der Waals surface area (Å²) in [4.78, 5) is 16.4. The number of hydrogen-bond donors (Lipinski definition) is 1. The Morgan fingerprint density at radius 1 is 1.08 bits per heavy atom. The number of carboxylic acid groups (broad SMARTS) is 1. The molecule has 0 aliphatic carbocycles. The summed E-state index contributed by atoms with van der Waals surface area (Å²) in [5.41, 5.74) is 2.34. The Kier molecular flexibility index (Phi) is 5.00. The lowest BCUT2D eigenvalue weighted by atomic mass is 10.1. The van der Waals surface area contributed by atoms with Crippen LogP contribution in [-0.4, -0.2) is 30.3 Å². The van der Waals surface area contributed by atoms with Gasteiger partial charge in [-0.1, -0.05) is 30.3 Å². The van der Waals surface area contributed by atoms with Gasteiger partial charge in [0, 0.05) is 18.1 Å². The SMILES string of the molecule is COc1cc(OC)cc(-c2nc(Cc3ccccc3)c(C(=O)O)s2)c1. The van der Waals surface area contributed by atoms with Crippen molar-refractivity contribution in [2.75, 3.05) is 14.2 Å². The predicted molar refractivity (Wildman–Crippen MR) is 96.9 cm³/mol. The van der Waals surface area contributed by atoms with Gasteiger partial charge in [-0.25, -0.2) is 9.78 Å². The van der Waals surface area contributed by atoms with Gasteiger partial charge in [-0.3, -0.25) is 0 Å². The number of methoxy groups -OCH3 is 2. The lowest BCUT2D eigenvalue weighted by molar-refractivity contribution is 0.0701. The summed E-state index contributed by atoms with van der Waals surface area (Å²) < 4.78 is 10.6. The standard InChI is InChI=1S/C19H17NO4S/c1-23-14-9-13(10-15(11-14)24-2)18-20-16(17(25-18)19(21)22)8-12-6-4-3-5-7-12/h3-7,9-11H,8H2,1-2H3,(H,21,22). The number of hydrogen-bond acceptors (Lipinski definition) is 5. The summed E-state index contributed by atoms with van der Waals surface area (Å²) in [6.07, 6.45) is 0.472. The summed E-state index contributed by atoms with van der Waals surface area (Å²) in [7, 11) is 3.15. The monoisotopic (exact) mass is 355 g/mol. The lowest BCUT2D eigenvalue weighted by Crippen LogP contribution is -1.99. The topological polar surface area (TPSA) is 68.7 Å². The van der Waals surface area contributed by atoms with Crippen molar-refractivity contribution >= 4 is 17.3 Å². The van der Waals surface area contributed by atoms with Crippen molar-refractivity contribution < 1.29 is 19.4 Å². The number of ether oxygens (including phenoxy) is 2. The van der Waals surface area contributed by atoms with E-state index < -0.39 is 5.97 Å². The number of thiazole rings is 1. The van der Waals surface area contributed by atoms with Crippen molar-refractivity contribution in [3.05, 3.63) is 64.7 Å². The third-order valence-electron chi connectivity index (χ3n) is 3.70. The van der Waals surface area contributed by atoms with Crippen LogP contribution >= 0.6 is 11.3 Å². The van der Waals surface area contributed by atoms with Gasteiger partial charge in [0.05, 0.1) is 19.9 Å². The van der Waals surface area contributed by atoms with Gasteiger partial charge in [-0.05, 0) is 17.7 Å². The summed E-state index contributed by atoms with van der Waals surface area (Å²) in [5.74, 6) is 0.293. The summed E-state index contributed by atoms with van der Waals surface area (Å²) in [6.45, 7) is 0. The van der Waals surface area contributed by atoms with Gasteiger partial charge in [0.1, 0.15) is 21.4 Å². The first-order valence-electron chi connectivity index (χ1n) is 7.61. The van der Waals surface area contributed by atoms with Gasteiger partial charge in [-0.15, -0.1) is 11.3 Å². The van der Waals surface area contributed by atoms with Crippen molar-refractivity contribution in [2.45, 2.75) is 6.42 Å². The number of rotatable bonds is 6. The predicted octanol–water partition coefficient (Wildman–Crippen LogP) is 4.12. The molecule has 5 nitrogen and oxygen atoms in total. The molecule has 0 fully saturated rings. The lowest BCUT2D eigenvalue weighted by Gasteiger charge is -2.06. The fourth-order valence-corrected chi connectivity index (χ4v) is 3.39. The van der Waals surface area contributed by atoms with E-state index in [0.29, 0.717) is 28.6 Å². The van der Waals surface area contributed by atoms with E-state index in [2.05, 4.69) is 4.98 Å². The molecule has 3 aromatic rings. The van der Waals surface area contributed by atoms with E-state index in [1.54, 1.807) is 20.3 Å². The quantitative estimate of drug-likeness (QED) is 0.720. The van der Waals surface area contributed by atoms with Crippen LogP contribution in [0.3, 0.4) is 0 Å². The number of aromatic nitrogens is 1. The summed E-state index contributed by atoms with van der Waals surface area (Å²) >= 11 is 1.16. The molecule has 0 amide bonds. The molecule has 1 N–H and O–H groups in total. The molecule has 0 spiro atoms. The molecule has 1 aromatic heterocycles.